The van der Waals surface area contributed by atoms with Gasteiger partial charge in [0.15, 0.2) is 0 Å². The third-order valence-electron chi connectivity index (χ3n) is 2.49. The Morgan fingerprint density at radius 2 is 1.70 bits per heavy atom. The second-order valence-electron chi connectivity index (χ2n) is 3.92. The van der Waals surface area contributed by atoms with Crippen LogP contribution in [0.15, 0.2) is 23.5 Å². The summed E-state index contributed by atoms with van der Waals surface area (Å²) in [5, 5.41) is 37.5. The van der Waals surface area contributed by atoms with Gasteiger partial charge < -0.3 is 5.21 Å². The average Bonchev–Trinajstić information content (AvgIpc) is 2.51. The minimum absolute atomic E-state index is 0.0515. The van der Waals surface area contributed by atoms with Crippen LogP contribution in [-0.2, 0) is 0 Å². The van der Waals surface area contributed by atoms with E-state index in [2.05, 4.69) is 5.28 Å². The highest BCUT2D eigenvalue weighted by Crippen LogP contribution is 2.31. The molecule has 0 N–H and O–H groups in total. The number of halogens is 2. The average molecular weight is 368 g/mol. The maximum Gasteiger partial charge on any atom is 0.321 e. The number of hydrazine groups is 1. The Labute approximate surface area is 139 Å². The molecule has 0 unspecified atom stereocenters. The van der Waals surface area contributed by atoms with E-state index in [-0.39, 0.29) is 29.8 Å². The first-order chi connectivity index (χ1) is 10.9. The molecule has 126 valence electrons. The monoisotopic (exact) mass is 367 g/mol. The Morgan fingerprint density at radius 3 is 2.17 bits per heavy atom. The van der Waals surface area contributed by atoms with Crippen molar-refractivity contribution in [2.75, 3.05) is 24.8 Å². The predicted octanol–water partition coefficient (Wildman–Crippen LogP) is 2.45. The largest absolute Gasteiger partial charge is 0.569 e. The third-order valence-corrected chi connectivity index (χ3v) is 2.82. The first-order valence-corrected chi connectivity index (χ1v) is 7.12. The van der Waals surface area contributed by atoms with E-state index in [1.54, 1.807) is 0 Å². The van der Waals surface area contributed by atoms with E-state index in [0.29, 0.717) is 6.07 Å². The highest BCUT2D eigenvalue weighted by atomic mass is 35.5. The first kappa shape index (κ1) is 18.6. The van der Waals surface area contributed by atoms with E-state index < -0.39 is 27.0 Å². The van der Waals surface area contributed by atoms with Crippen LogP contribution < -0.4 is 4.84 Å². The number of nitro benzene ring substituents is 2. The van der Waals surface area contributed by atoms with Crippen LogP contribution in [0.5, 0.6) is 5.75 Å². The lowest BCUT2D eigenvalue weighted by atomic mass is 10.2. The maximum absolute atomic E-state index is 11.7. The van der Waals surface area contributed by atoms with Crippen molar-refractivity contribution in [1.29, 1.82) is 0 Å². The molecule has 1 aromatic rings. The second-order valence-corrected chi connectivity index (χ2v) is 4.68. The number of nitro groups is 2. The Morgan fingerprint density at radius 1 is 1.09 bits per heavy atom. The van der Waals surface area contributed by atoms with Crippen LogP contribution in [0.3, 0.4) is 0 Å². The minimum atomic E-state index is -0.887. The molecule has 0 saturated carbocycles. The molecule has 0 fully saturated rings. The number of hydrogen-bond acceptors (Lipinski definition) is 7. The standard InChI is InChI=1S/C10H11Cl2N5O6/c11-3-5-14(6-4-12)17(22)13-23-10-2-1-8(15(18)19)7-9(10)16(20)21/h1-2,7H,3-6H2/b17-13-. The summed E-state index contributed by atoms with van der Waals surface area (Å²) >= 11 is 11.0. The first-order valence-electron chi connectivity index (χ1n) is 6.05. The molecule has 0 radical (unpaired) electrons. The Bertz CT molecular complexity index is 607. The molecule has 0 amide bonds. The van der Waals surface area contributed by atoms with Crippen molar-refractivity contribution in [2.45, 2.75) is 0 Å². The van der Waals surface area contributed by atoms with E-state index in [1.165, 1.54) is 0 Å². The van der Waals surface area contributed by atoms with Crippen LogP contribution in [0.2, 0.25) is 0 Å². The zero-order chi connectivity index (χ0) is 17.4. The van der Waals surface area contributed by atoms with E-state index >= 15 is 0 Å². The molecular formula is C10H11Cl2N5O6. The highest BCUT2D eigenvalue weighted by Gasteiger charge is 2.22. The van der Waals surface area contributed by atoms with Crippen molar-refractivity contribution in [1.82, 2.24) is 5.01 Å². The summed E-state index contributed by atoms with van der Waals surface area (Å²) in [7, 11) is 0. The molecule has 1 aromatic carbocycles. The molecule has 13 heteroatoms. The van der Waals surface area contributed by atoms with Gasteiger partial charge in [-0.05, 0) is 6.07 Å². The van der Waals surface area contributed by atoms with Gasteiger partial charge >= 0.3 is 5.69 Å². The predicted molar refractivity (Wildman–Crippen MR) is 79.4 cm³/mol. The summed E-state index contributed by atoms with van der Waals surface area (Å²) in [6.45, 7) is 0.264. The molecule has 0 aromatic heterocycles. The Hall–Kier alpha value is -2.40. The van der Waals surface area contributed by atoms with Crippen molar-refractivity contribution in [2.24, 2.45) is 5.28 Å². The summed E-state index contributed by atoms with van der Waals surface area (Å²) < 4.78 is 0. The number of non-ortho nitro benzene ring substituents is 1. The van der Waals surface area contributed by atoms with Crippen molar-refractivity contribution in [3.8, 4) is 5.75 Å². The van der Waals surface area contributed by atoms with Crippen LogP contribution in [0.1, 0.15) is 0 Å². The van der Waals surface area contributed by atoms with Gasteiger partial charge in [-0.15, -0.1) is 28.2 Å². The molecule has 0 saturated heterocycles. The van der Waals surface area contributed by atoms with Crippen LogP contribution in [-0.4, -0.2) is 44.7 Å². The summed E-state index contributed by atoms with van der Waals surface area (Å²) in [6.07, 6.45) is 0. The zero-order valence-corrected chi connectivity index (χ0v) is 13.0. The zero-order valence-electron chi connectivity index (χ0n) is 11.5. The quantitative estimate of drug-likeness (QED) is 0.215. The number of nitrogens with zero attached hydrogens (tertiary/aromatic N) is 5. The third kappa shape index (κ3) is 5.38. The molecule has 0 heterocycles. The molecular weight excluding hydrogens is 357 g/mol. The smallest absolute Gasteiger partial charge is 0.321 e. The second kappa shape index (κ2) is 8.90. The van der Waals surface area contributed by atoms with Gasteiger partial charge in [0.05, 0.1) is 34.0 Å². The van der Waals surface area contributed by atoms with Gasteiger partial charge in [0.25, 0.3) is 5.69 Å². The van der Waals surface area contributed by atoms with E-state index in [0.717, 1.165) is 17.1 Å². The number of hydrogen-bond donors (Lipinski definition) is 0. The molecule has 11 nitrogen and oxygen atoms in total. The highest BCUT2D eigenvalue weighted by molar-refractivity contribution is 6.18. The number of rotatable bonds is 9. The minimum Gasteiger partial charge on any atom is -0.569 e. The summed E-state index contributed by atoms with van der Waals surface area (Å²) in [5.74, 6) is -0.163. The van der Waals surface area contributed by atoms with Crippen molar-refractivity contribution >= 4 is 34.6 Å². The van der Waals surface area contributed by atoms with Gasteiger partial charge in [0, 0.05) is 17.8 Å². The topological polar surface area (TPSA) is 137 Å². The van der Waals surface area contributed by atoms with E-state index in [4.69, 9.17) is 28.0 Å². The fraction of sp³-hybridized carbons (Fsp3) is 0.400. The van der Waals surface area contributed by atoms with Crippen molar-refractivity contribution < 1.29 is 19.7 Å². The van der Waals surface area contributed by atoms with E-state index in [9.17, 15) is 25.4 Å². The number of alkyl halides is 2. The molecule has 23 heavy (non-hydrogen) atoms. The Kier molecular flexibility index (Phi) is 7.22. The van der Waals surface area contributed by atoms with Crippen LogP contribution >= 0.6 is 23.2 Å². The lowest BCUT2D eigenvalue weighted by molar-refractivity contribution is -0.705. The fourth-order valence-corrected chi connectivity index (χ4v) is 1.84. The van der Waals surface area contributed by atoms with Gasteiger partial charge in [0.1, 0.15) is 0 Å². The molecule has 0 aliphatic heterocycles. The van der Waals surface area contributed by atoms with Gasteiger partial charge in [-0.2, -0.15) is 0 Å². The molecule has 0 aliphatic carbocycles. The van der Waals surface area contributed by atoms with E-state index in [1.807, 2.05) is 0 Å². The van der Waals surface area contributed by atoms with Gasteiger partial charge in [0.2, 0.25) is 11.0 Å². The van der Waals surface area contributed by atoms with Gasteiger partial charge in [-0.1, -0.05) is 0 Å². The summed E-state index contributed by atoms with van der Waals surface area (Å²) in [4.78, 5) is 24.6. The molecule has 0 bridgehead atoms. The molecule has 0 spiro atoms. The normalized spacial score (nSPS) is 11.1. The Balaban J connectivity index is 3.01. The van der Waals surface area contributed by atoms with Crippen molar-refractivity contribution in [3.63, 3.8) is 0 Å². The van der Waals surface area contributed by atoms with Gasteiger partial charge in [-0.3, -0.25) is 25.1 Å². The van der Waals surface area contributed by atoms with Crippen molar-refractivity contribution in [3.05, 3.63) is 43.6 Å². The summed E-state index contributed by atoms with van der Waals surface area (Å²) in [5.41, 5.74) is -1.19. The molecule has 1 rings (SSSR count). The SMILES string of the molecule is O=[N+]([O-])c1ccc(O/N=[N+](\[O-])N(CCCl)CCCl)c([N+](=O)[O-])c1. The fourth-order valence-electron chi connectivity index (χ4n) is 1.45. The lowest BCUT2D eigenvalue weighted by Crippen LogP contribution is -2.34. The molecule has 0 aliphatic rings. The lowest BCUT2D eigenvalue weighted by Gasteiger charge is -2.15. The maximum atomic E-state index is 11.7. The van der Waals surface area contributed by atoms with Crippen LogP contribution in [0.25, 0.3) is 0 Å². The summed E-state index contributed by atoms with van der Waals surface area (Å²) in [6, 6.07) is 2.67. The van der Waals surface area contributed by atoms with Crippen LogP contribution in [0, 0.1) is 25.4 Å². The number of benzene rings is 1. The molecule has 0 atom stereocenters. The van der Waals surface area contributed by atoms with Crippen LogP contribution in [0.4, 0.5) is 11.4 Å². The van der Waals surface area contributed by atoms with Gasteiger partial charge in [-0.25, -0.2) is 0 Å².